The van der Waals surface area contributed by atoms with E-state index in [2.05, 4.69) is 15.3 Å². The molecule has 0 unspecified atom stereocenters. The van der Waals surface area contributed by atoms with E-state index in [0.717, 1.165) is 5.56 Å². The normalized spacial score (nSPS) is 11.0. The molecule has 0 aliphatic carbocycles. The van der Waals surface area contributed by atoms with Gasteiger partial charge < -0.3 is 19.3 Å². The van der Waals surface area contributed by atoms with Crippen LogP contribution in [0.3, 0.4) is 0 Å². The molecule has 1 amide bonds. The standard InChI is InChI=1S/C23H14ClN3O4/c24-14-3-1-13(2-4-14)19-7-8-21(30-19)22(29)26-15-5-6-18(28)16(11-15)23-27-17-12-25-10-9-20(17)31-23/h1-12,28H,(H,26,29). The molecule has 7 nitrogen and oxygen atoms in total. The third kappa shape index (κ3) is 3.74. The smallest absolute Gasteiger partial charge is 0.291 e. The molecule has 5 aromatic rings. The number of carbonyl (C=O) groups excluding carboxylic acids is 1. The number of benzene rings is 2. The third-order valence-corrected chi connectivity index (χ3v) is 4.89. The number of aromatic nitrogens is 2. The van der Waals surface area contributed by atoms with Gasteiger partial charge in [0.1, 0.15) is 17.0 Å². The molecule has 31 heavy (non-hydrogen) atoms. The van der Waals surface area contributed by atoms with Crippen molar-refractivity contribution in [2.75, 3.05) is 5.32 Å². The first kappa shape index (κ1) is 18.9. The summed E-state index contributed by atoms with van der Waals surface area (Å²) in [5.41, 5.74) is 2.71. The molecule has 0 saturated heterocycles. The van der Waals surface area contributed by atoms with Gasteiger partial charge in [-0.1, -0.05) is 11.6 Å². The highest BCUT2D eigenvalue weighted by Crippen LogP contribution is 2.33. The van der Waals surface area contributed by atoms with Crippen LogP contribution in [0.15, 0.2) is 81.9 Å². The highest BCUT2D eigenvalue weighted by molar-refractivity contribution is 6.30. The number of hydrogen-bond donors (Lipinski definition) is 2. The minimum atomic E-state index is -0.432. The number of pyridine rings is 1. The van der Waals surface area contributed by atoms with Crippen molar-refractivity contribution >= 4 is 34.3 Å². The Morgan fingerprint density at radius 1 is 1.00 bits per heavy atom. The molecule has 152 valence electrons. The van der Waals surface area contributed by atoms with Crippen LogP contribution in [0, 0.1) is 0 Å². The van der Waals surface area contributed by atoms with Crippen LogP contribution in [0.2, 0.25) is 5.02 Å². The molecule has 5 rings (SSSR count). The van der Waals surface area contributed by atoms with Crippen LogP contribution < -0.4 is 5.32 Å². The molecule has 0 fully saturated rings. The number of anilines is 1. The molecular formula is C23H14ClN3O4. The van der Waals surface area contributed by atoms with Gasteiger partial charge in [-0.3, -0.25) is 9.78 Å². The lowest BCUT2D eigenvalue weighted by atomic mass is 10.1. The number of aromatic hydroxyl groups is 1. The number of rotatable bonds is 4. The Balaban J connectivity index is 1.39. The first-order valence-electron chi connectivity index (χ1n) is 9.28. The van der Waals surface area contributed by atoms with Crippen LogP contribution in [0.5, 0.6) is 5.75 Å². The molecular weight excluding hydrogens is 418 g/mol. The fourth-order valence-electron chi connectivity index (χ4n) is 3.10. The molecule has 2 aromatic carbocycles. The number of phenols is 1. The van der Waals surface area contributed by atoms with Crippen LogP contribution in [0.4, 0.5) is 5.69 Å². The summed E-state index contributed by atoms with van der Waals surface area (Å²) in [6.07, 6.45) is 3.16. The molecule has 0 aliphatic rings. The van der Waals surface area contributed by atoms with E-state index >= 15 is 0 Å². The van der Waals surface area contributed by atoms with Crippen molar-refractivity contribution < 1.29 is 18.7 Å². The third-order valence-electron chi connectivity index (χ3n) is 4.63. The summed E-state index contributed by atoms with van der Waals surface area (Å²) in [6.45, 7) is 0. The lowest BCUT2D eigenvalue weighted by Crippen LogP contribution is -2.10. The highest BCUT2D eigenvalue weighted by Gasteiger charge is 2.16. The van der Waals surface area contributed by atoms with Gasteiger partial charge in [-0.15, -0.1) is 0 Å². The Hall–Kier alpha value is -4.10. The Kier molecular flexibility index (Phi) is 4.65. The molecule has 0 bridgehead atoms. The fraction of sp³-hybridized carbons (Fsp3) is 0. The zero-order chi connectivity index (χ0) is 21.4. The molecule has 0 atom stereocenters. The Morgan fingerprint density at radius 2 is 1.84 bits per heavy atom. The predicted octanol–water partition coefficient (Wildman–Crippen LogP) is 5.76. The van der Waals surface area contributed by atoms with Gasteiger partial charge in [0.05, 0.1) is 11.8 Å². The molecule has 0 saturated carbocycles. The van der Waals surface area contributed by atoms with Crippen molar-refractivity contribution in [3.63, 3.8) is 0 Å². The van der Waals surface area contributed by atoms with E-state index in [-0.39, 0.29) is 17.4 Å². The maximum atomic E-state index is 12.7. The number of nitrogens with zero attached hydrogens (tertiary/aromatic N) is 2. The van der Waals surface area contributed by atoms with Gasteiger partial charge in [-0.05, 0) is 54.6 Å². The van der Waals surface area contributed by atoms with Gasteiger partial charge in [0.2, 0.25) is 5.89 Å². The highest BCUT2D eigenvalue weighted by atomic mass is 35.5. The molecule has 0 spiro atoms. The van der Waals surface area contributed by atoms with Crippen LogP contribution >= 0.6 is 11.6 Å². The summed E-state index contributed by atoms with van der Waals surface area (Å²) in [4.78, 5) is 21.0. The van der Waals surface area contributed by atoms with Gasteiger partial charge in [-0.25, -0.2) is 4.98 Å². The molecule has 3 aromatic heterocycles. The maximum absolute atomic E-state index is 12.7. The fourth-order valence-corrected chi connectivity index (χ4v) is 3.23. The summed E-state index contributed by atoms with van der Waals surface area (Å²) >= 11 is 5.91. The van der Waals surface area contributed by atoms with E-state index in [1.165, 1.54) is 6.07 Å². The molecule has 0 aliphatic heterocycles. The van der Waals surface area contributed by atoms with E-state index in [1.807, 2.05) is 12.1 Å². The van der Waals surface area contributed by atoms with Gasteiger partial charge in [-0.2, -0.15) is 0 Å². The average molecular weight is 432 g/mol. The van der Waals surface area contributed by atoms with Gasteiger partial charge in [0, 0.05) is 28.5 Å². The van der Waals surface area contributed by atoms with Crippen LogP contribution in [-0.2, 0) is 0 Å². The second kappa shape index (κ2) is 7.62. The average Bonchev–Trinajstić information content (AvgIpc) is 3.43. The minimum Gasteiger partial charge on any atom is -0.507 e. The van der Waals surface area contributed by atoms with E-state index in [1.54, 1.807) is 54.9 Å². The van der Waals surface area contributed by atoms with Crippen molar-refractivity contribution in [1.29, 1.82) is 0 Å². The van der Waals surface area contributed by atoms with Crippen molar-refractivity contribution in [3.05, 3.63) is 83.8 Å². The molecule has 8 heteroatoms. The summed E-state index contributed by atoms with van der Waals surface area (Å²) in [5, 5.41) is 13.6. The second-order valence-corrected chi connectivity index (χ2v) is 7.16. The lowest BCUT2D eigenvalue weighted by molar-refractivity contribution is 0.0997. The van der Waals surface area contributed by atoms with Crippen LogP contribution in [-0.4, -0.2) is 21.0 Å². The maximum Gasteiger partial charge on any atom is 0.291 e. The Bertz CT molecular complexity index is 1370. The summed E-state index contributed by atoms with van der Waals surface area (Å²) in [6, 6.07) is 16.7. The zero-order valence-corrected chi connectivity index (χ0v) is 16.6. The zero-order valence-electron chi connectivity index (χ0n) is 15.9. The number of fused-ring (bicyclic) bond motifs is 1. The number of hydrogen-bond acceptors (Lipinski definition) is 6. The van der Waals surface area contributed by atoms with Gasteiger partial charge in [0.25, 0.3) is 5.91 Å². The largest absolute Gasteiger partial charge is 0.507 e. The summed E-state index contributed by atoms with van der Waals surface area (Å²) < 4.78 is 11.4. The van der Waals surface area contributed by atoms with Gasteiger partial charge in [0.15, 0.2) is 11.3 Å². The monoisotopic (exact) mass is 431 g/mol. The lowest BCUT2D eigenvalue weighted by Gasteiger charge is -2.06. The number of carbonyl (C=O) groups is 1. The topological polar surface area (TPSA) is 101 Å². The van der Waals surface area contributed by atoms with Crippen molar-refractivity contribution in [2.45, 2.75) is 0 Å². The number of furan rings is 1. The molecule has 2 N–H and O–H groups in total. The SMILES string of the molecule is O=C(Nc1ccc(O)c(-c2nc3cnccc3o2)c1)c1ccc(-c2ccc(Cl)cc2)o1. The molecule has 0 radical (unpaired) electrons. The summed E-state index contributed by atoms with van der Waals surface area (Å²) in [7, 11) is 0. The van der Waals surface area contributed by atoms with Crippen LogP contribution in [0.1, 0.15) is 10.6 Å². The quantitative estimate of drug-likeness (QED) is 0.351. The van der Waals surface area contributed by atoms with E-state index in [4.69, 9.17) is 20.4 Å². The number of phenolic OH excluding ortho intramolecular Hbond substituents is 1. The van der Waals surface area contributed by atoms with Crippen LogP contribution in [0.25, 0.3) is 33.9 Å². The minimum absolute atomic E-state index is 0.0273. The van der Waals surface area contributed by atoms with E-state index in [0.29, 0.717) is 33.1 Å². The van der Waals surface area contributed by atoms with Crippen molar-refractivity contribution in [2.24, 2.45) is 0 Å². The Morgan fingerprint density at radius 3 is 2.65 bits per heavy atom. The number of amides is 1. The van der Waals surface area contributed by atoms with Gasteiger partial charge >= 0.3 is 0 Å². The summed E-state index contributed by atoms with van der Waals surface area (Å²) in [5.74, 6) is 0.458. The number of oxazole rings is 1. The van der Waals surface area contributed by atoms with Crippen molar-refractivity contribution in [3.8, 4) is 28.5 Å². The first-order chi connectivity index (χ1) is 15.1. The Labute approximate surface area is 180 Å². The first-order valence-corrected chi connectivity index (χ1v) is 9.66. The van der Waals surface area contributed by atoms with E-state index < -0.39 is 5.91 Å². The number of nitrogens with one attached hydrogen (secondary N) is 1. The second-order valence-electron chi connectivity index (χ2n) is 6.72. The number of halogens is 1. The van der Waals surface area contributed by atoms with Crippen molar-refractivity contribution in [1.82, 2.24) is 9.97 Å². The van der Waals surface area contributed by atoms with E-state index in [9.17, 15) is 9.90 Å². The predicted molar refractivity (Wildman–Crippen MR) is 116 cm³/mol. The molecule has 3 heterocycles.